The maximum atomic E-state index is 12.4. The molecule has 0 amide bonds. The van der Waals surface area contributed by atoms with Crippen LogP contribution in [0.3, 0.4) is 0 Å². The molecule has 6 nitrogen and oxygen atoms in total. The number of nitrogens with zero attached hydrogens (tertiary/aromatic N) is 2. The van der Waals surface area contributed by atoms with Crippen LogP contribution in [-0.4, -0.2) is 18.0 Å². The SMILES string of the molecule is Cn1cnc(S(=O)(=O)Nc2ccc(NCc3ccccc3)c(Cl)c2)c1Cl. The number of benzene rings is 2. The summed E-state index contributed by atoms with van der Waals surface area (Å²) < 4.78 is 28.7. The minimum absolute atomic E-state index is 0.0322. The molecule has 0 saturated heterocycles. The lowest BCUT2D eigenvalue weighted by atomic mass is 10.2. The van der Waals surface area contributed by atoms with E-state index < -0.39 is 10.0 Å². The molecule has 0 radical (unpaired) electrons. The van der Waals surface area contributed by atoms with Crippen LogP contribution < -0.4 is 10.0 Å². The van der Waals surface area contributed by atoms with Crippen LogP contribution >= 0.6 is 23.2 Å². The van der Waals surface area contributed by atoms with Gasteiger partial charge >= 0.3 is 0 Å². The number of hydrogen-bond donors (Lipinski definition) is 2. The van der Waals surface area contributed by atoms with Crippen molar-refractivity contribution >= 4 is 44.6 Å². The Kier molecular flexibility index (Phi) is 5.41. The van der Waals surface area contributed by atoms with Crippen LogP contribution in [0.4, 0.5) is 11.4 Å². The third kappa shape index (κ3) is 4.12. The van der Waals surface area contributed by atoms with Crippen molar-refractivity contribution in [2.75, 3.05) is 10.0 Å². The molecule has 1 aromatic heterocycles. The lowest BCUT2D eigenvalue weighted by Gasteiger charge is -2.11. The molecule has 0 atom stereocenters. The molecule has 26 heavy (non-hydrogen) atoms. The van der Waals surface area contributed by atoms with Gasteiger partial charge in [0.15, 0.2) is 0 Å². The van der Waals surface area contributed by atoms with E-state index in [9.17, 15) is 8.42 Å². The molecule has 9 heteroatoms. The first-order chi connectivity index (χ1) is 12.4. The fraction of sp³-hybridized carbons (Fsp3) is 0.118. The molecule has 0 spiro atoms. The summed E-state index contributed by atoms with van der Waals surface area (Å²) in [5.41, 5.74) is 2.13. The molecule has 0 bridgehead atoms. The lowest BCUT2D eigenvalue weighted by Crippen LogP contribution is -2.14. The number of hydrogen-bond acceptors (Lipinski definition) is 4. The van der Waals surface area contributed by atoms with E-state index in [1.165, 1.54) is 17.0 Å². The topological polar surface area (TPSA) is 76.0 Å². The van der Waals surface area contributed by atoms with Gasteiger partial charge in [0.2, 0.25) is 5.03 Å². The molecule has 1 heterocycles. The summed E-state index contributed by atoms with van der Waals surface area (Å²) in [4.78, 5) is 3.82. The van der Waals surface area contributed by atoms with Gasteiger partial charge in [-0.25, -0.2) is 4.98 Å². The molecule has 3 aromatic rings. The molecule has 0 saturated carbocycles. The number of imidazole rings is 1. The first kappa shape index (κ1) is 18.6. The smallest absolute Gasteiger partial charge is 0.282 e. The van der Waals surface area contributed by atoms with E-state index in [0.717, 1.165) is 5.56 Å². The summed E-state index contributed by atoms with van der Waals surface area (Å²) in [7, 11) is -2.29. The lowest BCUT2D eigenvalue weighted by molar-refractivity contribution is 0.598. The molecule has 2 N–H and O–H groups in total. The Morgan fingerprint density at radius 2 is 1.85 bits per heavy atom. The van der Waals surface area contributed by atoms with Gasteiger partial charge in [-0.3, -0.25) is 4.72 Å². The van der Waals surface area contributed by atoms with Crippen molar-refractivity contribution in [3.05, 3.63) is 70.6 Å². The molecule has 136 valence electrons. The van der Waals surface area contributed by atoms with Crippen LogP contribution in [0.25, 0.3) is 0 Å². The van der Waals surface area contributed by atoms with Crippen molar-refractivity contribution in [1.82, 2.24) is 9.55 Å². The molecule has 0 fully saturated rings. The van der Waals surface area contributed by atoms with Crippen molar-refractivity contribution in [2.24, 2.45) is 7.05 Å². The average molecular weight is 411 g/mol. The molecule has 3 rings (SSSR count). The Morgan fingerprint density at radius 3 is 2.46 bits per heavy atom. The second-order valence-corrected chi connectivity index (χ2v) is 7.95. The van der Waals surface area contributed by atoms with Crippen molar-refractivity contribution in [3.8, 4) is 0 Å². The Hall–Kier alpha value is -2.22. The monoisotopic (exact) mass is 410 g/mol. The molecule has 0 unspecified atom stereocenters. The zero-order valence-corrected chi connectivity index (χ0v) is 16.1. The Morgan fingerprint density at radius 1 is 1.12 bits per heavy atom. The van der Waals surface area contributed by atoms with E-state index in [1.807, 2.05) is 30.3 Å². The summed E-state index contributed by atoms with van der Waals surface area (Å²) in [5.74, 6) is 0. The van der Waals surface area contributed by atoms with Crippen LogP contribution in [0.2, 0.25) is 10.2 Å². The molecule has 0 aliphatic heterocycles. The Balaban J connectivity index is 1.74. The Bertz CT molecular complexity index is 1020. The highest BCUT2D eigenvalue weighted by atomic mass is 35.5. The zero-order chi connectivity index (χ0) is 18.7. The first-order valence-corrected chi connectivity index (χ1v) is 9.88. The van der Waals surface area contributed by atoms with Gasteiger partial charge in [0.1, 0.15) is 5.15 Å². The van der Waals surface area contributed by atoms with Crippen LogP contribution in [0.1, 0.15) is 5.56 Å². The van der Waals surface area contributed by atoms with Crippen LogP contribution in [0, 0.1) is 0 Å². The van der Waals surface area contributed by atoms with E-state index in [2.05, 4.69) is 15.0 Å². The van der Waals surface area contributed by atoms with Gasteiger partial charge in [-0.2, -0.15) is 8.42 Å². The minimum Gasteiger partial charge on any atom is -0.380 e. The molecule has 0 aliphatic rings. The highest BCUT2D eigenvalue weighted by Gasteiger charge is 2.22. The van der Waals surface area contributed by atoms with E-state index in [1.54, 1.807) is 19.2 Å². The molecular formula is C17H16Cl2N4O2S. The van der Waals surface area contributed by atoms with Crippen molar-refractivity contribution in [2.45, 2.75) is 11.6 Å². The first-order valence-electron chi connectivity index (χ1n) is 7.64. The normalized spacial score (nSPS) is 11.3. The number of halogens is 2. The number of rotatable bonds is 6. The highest BCUT2D eigenvalue weighted by molar-refractivity contribution is 7.92. The van der Waals surface area contributed by atoms with E-state index in [0.29, 0.717) is 22.9 Å². The van der Waals surface area contributed by atoms with Crippen LogP contribution in [0.5, 0.6) is 0 Å². The Labute approximate surface area is 161 Å². The van der Waals surface area contributed by atoms with Crippen LogP contribution in [0.15, 0.2) is 59.9 Å². The predicted octanol–water partition coefficient (Wildman–Crippen LogP) is 4.14. The fourth-order valence-corrected chi connectivity index (χ4v) is 4.02. The standard InChI is InChI=1S/C17H16Cl2N4O2S/c1-23-11-21-17(16(23)19)26(24,25)22-13-7-8-15(14(18)9-13)20-10-12-5-3-2-4-6-12/h2-9,11,20,22H,10H2,1H3. The van der Waals surface area contributed by atoms with E-state index >= 15 is 0 Å². The third-order valence-electron chi connectivity index (χ3n) is 3.64. The average Bonchev–Trinajstić information content (AvgIpc) is 2.95. The quantitative estimate of drug-likeness (QED) is 0.639. The van der Waals surface area contributed by atoms with Gasteiger partial charge in [0, 0.05) is 13.6 Å². The zero-order valence-electron chi connectivity index (χ0n) is 13.8. The van der Waals surface area contributed by atoms with Crippen LogP contribution in [-0.2, 0) is 23.6 Å². The summed E-state index contributed by atoms with van der Waals surface area (Å²) in [6, 6.07) is 14.7. The number of sulfonamides is 1. The second-order valence-electron chi connectivity index (χ2n) is 5.59. The van der Waals surface area contributed by atoms with Crippen molar-refractivity contribution < 1.29 is 8.42 Å². The maximum Gasteiger partial charge on any atom is 0.282 e. The van der Waals surface area contributed by atoms with Gasteiger partial charge in [-0.1, -0.05) is 53.5 Å². The summed E-state index contributed by atoms with van der Waals surface area (Å²) in [5, 5.41) is 3.41. The minimum atomic E-state index is -3.90. The van der Waals surface area contributed by atoms with E-state index in [4.69, 9.17) is 23.2 Å². The molecule has 2 aromatic carbocycles. The predicted molar refractivity (Wildman–Crippen MR) is 104 cm³/mol. The summed E-state index contributed by atoms with van der Waals surface area (Å²) in [6.45, 7) is 0.606. The number of nitrogens with one attached hydrogen (secondary N) is 2. The number of aromatic nitrogens is 2. The van der Waals surface area contributed by atoms with Gasteiger partial charge in [-0.15, -0.1) is 0 Å². The summed E-state index contributed by atoms with van der Waals surface area (Å²) in [6.07, 6.45) is 1.33. The van der Waals surface area contributed by atoms with Gasteiger partial charge < -0.3 is 9.88 Å². The number of aryl methyl sites for hydroxylation is 1. The molecule has 0 aliphatic carbocycles. The highest BCUT2D eigenvalue weighted by Crippen LogP contribution is 2.28. The largest absolute Gasteiger partial charge is 0.380 e. The van der Waals surface area contributed by atoms with Gasteiger partial charge in [0.05, 0.1) is 22.7 Å². The molecular weight excluding hydrogens is 395 g/mol. The van der Waals surface area contributed by atoms with Crippen molar-refractivity contribution in [1.29, 1.82) is 0 Å². The van der Waals surface area contributed by atoms with Gasteiger partial charge in [-0.05, 0) is 23.8 Å². The maximum absolute atomic E-state index is 12.4. The fourth-order valence-electron chi connectivity index (χ4n) is 2.29. The van der Waals surface area contributed by atoms with Crippen molar-refractivity contribution in [3.63, 3.8) is 0 Å². The van der Waals surface area contributed by atoms with E-state index in [-0.39, 0.29) is 10.2 Å². The summed E-state index contributed by atoms with van der Waals surface area (Å²) >= 11 is 12.2. The number of anilines is 2. The second kappa shape index (κ2) is 7.57. The third-order valence-corrected chi connectivity index (χ3v) is 5.82. The van der Waals surface area contributed by atoms with Gasteiger partial charge in [0.25, 0.3) is 10.0 Å².